The molecule has 0 bridgehead atoms. The molecule has 3 nitrogen and oxygen atoms in total. The predicted molar refractivity (Wildman–Crippen MR) is 118 cm³/mol. The predicted octanol–water partition coefficient (Wildman–Crippen LogP) is 5.18. The fourth-order valence-electron chi connectivity index (χ4n) is 3.88. The zero-order chi connectivity index (χ0) is 20.4. The van der Waals surface area contributed by atoms with Crippen LogP contribution in [0.3, 0.4) is 0 Å². The van der Waals surface area contributed by atoms with Gasteiger partial charge in [-0.25, -0.2) is 4.39 Å². The van der Waals surface area contributed by atoms with E-state index in [0.717, 1.165) is 23.5 Å². The topological polar surface area (TPSA) is 23.6 Å². The van der Waals surface area contributed by atoms with E-state index in [1.54, 1.807) is 17.4 Å². The summed E-state index contributed by atoms with van der Waals surface area (Å²) < 4.78 is 14.4. The van der Waals surface area contributed by atoms with Crippen LogP contribution >= 0.6 is 11.3 Å². The molecule has 1 aromatic heterocycles. The lowest BCUT2D eigenvalue weighted by Crippen LogP contribution is -2.57. The van der Waals surface area contributed by atoms with Crippen LogP contribution < -0.4 is 0 Å². The van der Waals surface area contributed by atoms with Crippen molar-refractivity contribution in [1.82, 2.24) is 9.80 Å². The molecular weight excluding hydrogens is 383 g/mol. The highest BCUT2D eigenvalue weighted by molar-refractivity contribution is 7.19. The number of hydrogen-bond acceptors (Lipinski definition) is 3. The number of thiophene rings is 1. The summed E-state index contributed by atoms with van der Waals surface area (Å²) in [7, 11) is 0. The molecule has 1 aliphatic rings. The number of carbonyl (C=O) groups excluding carboxylic acids is 1. The Hall–Kier alpha value is -2.50. The van der Waals surface area contributed by atoms with Gasteiger partial charge in [-0.3, -0.25) is 9.69 Å². The third-order valence-electron chi connectivity index (χ3n) is 5.53. The van der Waals surface area contributed by atoms with Gasteiger partial charge in [-0.15, -0.1) is 11.3 Å². The van der Waals surface area contributed by atoms with Gasteiger partial charge in [0.05, 0.1) is 0 Å². The van der Waals surface area contributed by atoms with Gasteiger partial charge in [-0.05, 0) is 55.1 Å². The third-order valence-corrected chi connectivity index (χ3v) is 6.61. The molecule has 2 heterocycles. The normalized spacial score (nSPS) is 20.6. The average Bonchev–Trinajstić information content (AvgIpc) is 3.13. The van der Waals surface area contributed by atoms with Gasteiger partial charge in [0.1, 0.15) is 5.82 Å². The van der Waals surface area contributed by atoms with Crippen LogP contribution in [0.2, 0.25) is 0 Å². The molecule has 0 N–H and O–H groups in total. The van der Waals surface area contributed by atoms with Crippen LogP contribution in [0.5, 0.6) is 0 Å². The second-order valence-corrected chi connectivity index (χ2v) is 8.88. The van der Waals surface area contributed by atoms with Crippen LogP contribution in [0.4, 0.5) is 4.39 Å². The maximum absolute atomic E-state index is 13.1. The zero-order valence-corrected chi connectivity index (χ0v) is 17.5. The standard InChI is InChI=1S/C24H25FN2OS/c1-17-15-27(18(2)14-26(17)16-19-7-9-21(25)10-8-19)24(28)12-11-22-13-20-5-3-4-6-23(20)29-22/h3-13,17-18H,14-16H2,1-2H3/t17-,18+/m1/s1. The van der Waals surface area contributed by atoms with Crippen LogP contribution in [-0.4, -0.2) is 40.9 Å². The number of fused-ring (bicyclic) bond motifs is 1. The number of nitrogens with zero attached hydrogens (tertiary/aromatic N) is 2. The summed E-state index contributed by atoms with van der Waals surface area (Å²) in [5, 5.41) is 1.21. The molecule has 150 valence electrons. The number of hydrogen-bond donors (Lipinski definition) is 0. The minimum Gasteiger partial charge on any atom is -0.334 e. The molecule has 2 atom stereocenters. The maximum atomic E-state index is 13.1. The lowest BCUT2D eigenvalue weighted by atomic mass is 10.1. The fraction of sp³-hybridized carbons (Fsp3) is 0.292. The van der Waals surface area contributed by atoms with Crippen molar-refractivity contribution >= 4 is 33.4 Å². The highest BCUT2D eigenvalue weighted by Crippen LogP contribution is 2.26. The van der Waals surface area contributed by atoms with E-state index in [1.807, 2.05) is 35.2 Å². The molecule has 0 saturated carbocycles. The number of rotatable bonds is 4. The second kappa shape index (κ2) is 8.47. The number of benzene rings is 2. The SMILES string of the molecule is C[C@@H]1CN(C(=O)C=Cc2cc3ccccc3s2)[C@@H](C)CN1Cc1ccc(F)cc1. The van der Waals surface area contributed by atoms with Crippen molar-refractivity contribution in [2.75, 3.05) is 13.1 Å². The van der Waals surface area contributed by atoms with Gasteiger partial charge in [0.2, 0.25) is 5.91 Å². The Morgan fingerprint density at radius 3 is 2.62 bits per heavy atom. The molecule has 1 amide bonds. The van der Waals surface area contributed by atoms with Crippen molar-refractivity contribution in [3.05, 3.63) is 76.9 Å². The second-order valence-electron chi connectivity index (χ2n) is 7.76. The molecule has 29 heavy (non-hydrogen) atoms. The molecule has 4 rings (SSSR count). The van der Waals surface area contributed by atoms with E-state index in [-0.39, 0.29) is 23.8 Å². The van der Waals surface area contributed by atoms with Crippen molar-refractivity contribution in [1.29, 1.82) is 0 Å². The third kappa shape index (κ3) is 4.57. The van der Waals surface area contributed by atoms with E-state index in [1.165, 1.54) is 22.2 Å². The van der Waals surface area contributed by atoms with Crippen molar-refractivity contribution < 1.29 is 9.18 Å². The van der Waals surface area contributed by atoms with Gasteiger partial charge >= 0.3 is 0 Å². The van der Waals surface area contributed by atoms with Crippen molar-refractivity contribution in [2.24, 2.45) is 0 Å². The molecule has 1 aliphatic heterocycles. The fourth-order valence-corrected chi connectivity index (χ4v) is 4.85. The van der Waals surface area contributed by atoms with Gasteiger partial charge in [-0.1, -0.05) is 30.3 Å². The minimum atomic E-state index is -0.212. The molecule has 0 spiro atoms. The number of amides is 1. The van der Waals surface area contributed by atoms with Crippen molar-refractivity contribution in [2.45, 2.75) is 32.5 Å². The lowest BCUT2D eigenvalue weighted by molar-refractivity contribution is -0.131. The molecule has 0 radical (unpaired) electrons. The molecule has 3 aromatic rings. The Morgan fingerprint density at radius 1 is 1.10 bits per heavy atom. The Labute approximate surface area is 175 Å². The summed E-state index contributed by atoms with van der Waals surface area (Å²) >= 11 is 1.70. The summed E-state index contributed by atoms with van der Waals surface area (Å²) in [5.74, 6) is -0.153. The maximum Gasteiger partial charge on any atom is 0.246 e. The first kappa shape index (κ1) is 19.8. The number of carbonyl (C=O) groups is 1. The first-order valence-electron chi connectivity index (χ1n) is 9.95. The van der Waals surface area contributed by atoms with Crippen LogP contribution in [0.25, 0.3) is 16.2 Å². The number of halogens is 1. The van der Waals surface area contributed by atoms with Gasteiger partial charge in [0.25, 0.3) is 0 Å². The molecule has 5 heteroatoms. The molecule has 1 saturated heterocycles. The quantitative estimate of drug-likeness (QED) is 0.556. The smallest absolute Gasteiger partial charge is 0.246 e. The average molecular weight is 409 g/mol. The van der Waals surface area contributed by atoms with Crippen LogP contribution in [0.1, 0.15) is 24.3 Å². The van der Waals surface area contributed by atoms with Gasteiger partial charge in [0, 0.05) is 47.4 Å². The van der Waals surface area contributed by atoms with Crippen LogP contribution in [0, 0.1) is 5.82 Å². The molecule has 2 aromatic carbocycles. The molecule has 0 aliphatic carbocycles. The van der Waals surface area contributed by atoms with Crippen LogP contribution in [-0.2, 0) is 11.3 Å². The monoisotopic (exact) mass is 408 g/mol. The Morgan fingerprint density at radius 2 is 1.86 bits per heavy atom. The highest BCUT2D eigenvalue weighted by Gasteiger charge is 2.30. The Balaban J connectivity index is 1.40. The summed E-state index contributed by atoms with van der Waals surface area (Å²) in [5.41, 5.74) is 1.09. The molecular formula is C24H25FN2OS. The van der Waals surface area contributed by atoms with E-state index < -0.39 is 0 Å². The summed E-state index contributed by atoms with van der Waals surface area (Å²) in [6.45, 7) is 6.50. The summed E-state index contributed by atoms with van der Waals surface area (Å²) in [6, 6.07) is 17.4. The zero-order valence-electron chi connectivity index (χ0n) is 16.7. The summed E-state index contributed by atoms with van der Waals surface area (Å²) in [4.78, 5) is 18.2. The van der Waals surface area contributed by atoms with E-state index in [9.17, 15) is 9.18 Å². The number of piperazine rings is 1. The lowest BCUT2D eigenvalue weighted by Gasteiger charge is -2.43. The van der Waals surface area contributed by atoms with E-state index in [4.69, 9.17) is 0 Å². The Bertz CT molecular complexity index is 994. The first-order valence-corrected chi connectivity index (χ1v) is 10.8. The van der Waals surface area contributed by atoms with E-state index >= 15 is 0 Å². The first-order chi connectivity index (χ1) is 14.0. The Kier molecular flexibility index (Phi) is 5.79. The van der Waals surface area contributed by atoms with Gasteiger partial charge in [0.15, 0.2) is 0 Å². The van der Waals surface area contributed by atoms with Crippen molar-refractivity contribution in [3.63, 3.8) is 0 Å². The summed E-state index contributed by atoms with van der Waals surface area (Å²) in [6.07, 6.45) is 3.62. The highest BCUT2D eigenvalue weighted by atomic mass is 32.1. The van der Waals surface area contributed by atoms with Gasteiger partial charge in [-0.2, -0.15) is 0 Å². The molecule has 1 fully saturated rings. The molecule has 0 unspecified atom stereocenters. The van der Waals surface area contributed by atoms with Crippen molar-refractivity contribution in [3.8, 4) is 0 Å². The largest absolute Gasteiger partial charge is 0.334 e. The van der Waals surface area contributed by atoms with E-state index in [2.05, 4.69) is 36.9 Å². The van der Waals surface area contributed by atoms with E-state index in [0.29, 0.717) is 6.54 Å². The minimum absolute atomic E-state index is 0.0586. The van der Waals surface area contributed by atoms with Crippen LogP contribution in [0.15, 0.2) is 60.7 Å². The van der Waals surface area contributed by atoms with Gasteiger partial charge < -0.3 is 4.90 Å².